The molecule has 7 nitrogen and oxygen atoms in total. The Morgan fingerprint density at radius 3 is 2.48 bits per heavy atom. The number of hydrogen-bond donors (Lipinski definition) is 2. The van der Waals surface area contributed by atoms with Crippen LogP contribution in [-0.2, 0) is 13.1 Å². The Kier molecular flexibility index (Phi) is 3.91. The molecule has 3 amide bonds. The van der Waals surface area contributed by atoms with E-state index in [2.05, 4.69) is 5.10 Å². The summed E-state index contributed by atoms with van der Waals surface area (Å²) in [7, 11) is 0. The van der Waals surface area contributed by atoms with Crippen molar-refractivity contribution in [1.82, 2.24) is 14.7 Å². The van der Waals surface area contributed by atoms with Gasteiger partial charge in [-0.2, -0.15) is 5.10 Å². The van der Waals surface area contributed by atoms with Crippen molar-refractivity contribution in [3.8, 4) is 11.3 Å². The molecule has 0 bridgehead atoms. The van der Waals surface area contributed by atoms with Gasteiger partial charge >= 0.3 is 6.03 Å². The monoisotopic (exact) mass is 353 g/mol. The highest BCUT2D eigenvalue weighted by molar-refractivity contribution is 6.42. The molecular formula is C14H13Cl2N5O2. The van der Waals surface area contributed by atoms with Gasteiger partial charge in [-0.25, -0.2) is 4.79 Å². The predicted molar refractivity (Wildman–Crippen MR) is 86.2 cm³/mol. The maximum atomic E-state index is 11.9. The molecule has 120 valence electrons. The summed E-state index contributed by atoms with van der Waals surface area (Å²) in [5.41, 5.74) is 12.7. The van der Waals surface area contributed by atoms with Crippen molar-refractivity contribution in [3.63, 3.8) is 0 Å². The molecule has 1 aromatic heterocycles. The van der Waals surface area contributed by atoms with Crippen LogP contribution in [-0.4, -0.2) is 33.2 Å². The van der Waals surface area contributed by atoms with Gasteiger partial charge in [0.25, 0.3) is 5.91 Å². The zero-order chi connectivity index (χ0) is 16.7. The van der Waals surface area contributed by atoms with Gasteiger partial charge in [0.15, 0.2) is 0 Å². The highest BCUT2D eigenvalue weighted by atomic mass is 35.5. The molecule has 0 radical (unpaired) electrons. The van der Waals surface area contributed by atoms with E-state index in [1.54, 1.807) is 22.9 Å². The van der Waals surface area contributed by atoms with Crippen molar-refractivity contribution in [2.24, 2.45) is 11.5 Å². The number of carbonyl (C=O) groups excluding carboxylic acids is 2. The summed E-state index contributed by atoms with van der Waals surface area (Å²) in [6.45, 7) is 1.03. The van der Waals surface area contributed by atoms with Crippen LogP contribution in [0.1, 0.15) is 16.1 Å². The van der Waals surface area contributed by atoms with Gasteiger partial charge in [0.1, 0.15) is 5.69 Å². The van der Waals surface area contributed by atoms with E-state index in [0.717, 1.165) is 0 Å². The summed E-state index contributed by atoms with van der Waals surface area (Å²) in [5, 5.41) is 5.20. The van der Waals surface area contributed by atoms with Gasteiger partial charge in [-0.3, -0.25) is 9.48 Å². The molecule has 2 heterocycles. The number of halogens is 2. The number of primary amides is 2. The molecule has 0 spiro atoms. The summed E-state index contributed by atoms with van der Waals surface area (Å²) >= 11 is 12.0. The molecule has 4 N–H and O–H groups in total. The van der Waals surface area contributed by atoms with Crippen molar-refractivity contribution in [3.05, 3.63) is 39.5 Å². The molecule has 9 heteroatoms. The van der Waals surface area contributed by atoms with Crippen LogP contribution >= 0.6 is 23.2 Å². The van der Waals surface area contributed by atoms with Gasteiger partial charge in [0, 0.05) is 12.1 Å². The fourth-order valence-electron chi connectivity index (χ4n) is 2.61. The summed E-state index contributed by atoms with van der Waals surface area (Å²) < 4.78 is 1.66. The molecule has 0 aliphatic carbocycles. The SMILES string of the molecule is NC(=O)c1c(-c2ccc(Cl)c(Cl)c2)nn2c1CN(C(N)=O)CC2. The highest BCUT2D eigenvalue weighted by Gasteiger charge is 2.28. The van der Waals surface area contributed by atoms with Crippen molar-refractivity contribution in [2.75, 3.05) is 6.54 Å². The van der Waals surface area contributed by atoms with Gasteiger partial charge in [0.2, 0.25) is 0 Å². The smallest absolute Gasteiger partial charge is 0.315 e. The van der Waals surface area contributed by atoms with E-state index in [9.17, 15) is 9.59 Å². The molecule has 1 aliphatic rings. The number of urea groups is 1. The third-order valence-corrected chi connectivity index (χ3v) is 4.47. The molecule has 0 atom stereocenters. The van der Waals surface area contributed by atoms with Crippen molar-refractivity contribution in [1.29, 1.82) is 0 Å². The van der Waals surface area contributed by atoms with Crippen LogP contribution in [0.25, 0.3) is 11.3 Å². The first kappa shape index (κ1) is 15.6. The van der Waals surface area contributed by atoms with Crippen LogP contribution in [0.15, 0.2) is 18.2 Å². The minimum atomic E-state index is -0.626. The van der Waals surface area contributed by atoms with Crippen molar-refractivity contribution in [2.45, 2.75) is 13.1 Å². The molecule has 0 fully saturated rings. The first-order valence-electron chi connectivity index (χ1n) is 6.77. The molecule has 0 saturated heterocycles. The van der Waals surface area contributed by atoms with Gasteiger partial charge in [-0.15, -0.1) is 0 Å². The first-order chi connectivity index (χ1) is 10.9. The lowest BCUT2D eigenvalue weighted by Gasteiger charge is -2.26. The molecule has 2 aromatic rings. The van der Waals surface area contributed by atoms with Crippen LogP contribution in [0.2, 0.25) is 10.0 Å². The average Bonchev–Trinajstić information content (AvgIpc) is 2.88. The Labute approximate surface area is 141 Å². The lowest BCUT2D eigenvalue weighted by Crippen LogP contribution is -2.42. The van der Waals surface area contributed by atoms with E-state index < -0.39 is 11.9 Å². The van der Waals surface area contributed by atoms with Crippen molar-refractivity contribution >= 4 is 35.1 Å². The Hall–Kier alpha value is -2.25. The lowest BCUT2D eigenvalue weighted by atomic mass is 10.0. The number of aromatic nitrogens is 2. The van der Waals surface area contributed by atoms with Crippen LogP contribution in [0, 0.1) is 0 Å². The second kappa shape index (κ2) is 5.75. The molecule has 0 unspecified atom stereocenters. The fourth-order valence-corrected chi connectivity index (χ4v) is 2.91. The van der Waals surface area contributed by atoms with Gasteiger partial charge in [-0.05, 0) is 12.1 Å². The number of hydrogen-bond acceptors (Lipinski definition) is 3. The van der Waals surface area contributed by atoms with E-state index in [4.69, 9.17) is 34.7 Å². The van der Waals surface area contributed by atoms with Crippen LogP contribution in [0.3, 0.4) is 0 Å². The Morgan fingerprint density at radius 1 is 1.13 bits per heavy atom. The topological polar surface area (TPSA) is 107 Å². The second-order valence-corrected chi connectivity index (χ2v) is 5.96. The van der Waals surface area contributed by atoms with Crippen molar-refractivity contribution < 1.29 is 9.59 Å². The molecular weight excluding hydrogens is 341 g/mol. The van der Waals surface area contributed by atoms with Gasteiger partial charge in [-0.1, -0.05) is 29.3 Å². The minimum Gasteiger partial charge on any atom is -0.365 e. The maximum absolute atomic E-state index is 11.9. The number of nitrogens with zero attached hydrogens (tertiary/aromatic N) is 3. The predicted octanol–water partition coefficient (Wildman–Crippen LogP) is 1.85. The Morgan fingerprint density at radius 2 is 1.87 bits per heavy atom. The van der Waals surface area contributed by atoms with Gasteiger partial charge in [0.05, 0.1) is 34.4 Å². The third kappa shape index (κ3) is 2.73. The minimum absolute atomic E-state index is 0.182. The number of benzene rings is 1. The standard InChI is InChI=1S/C14H13Cl2N5O2/c15-8-2-1-7(5-9(8)16)12-11(13(17)22)10-6-20(14(18)23)3-4-21(10)19-12/h1-2,5H,3-4,6H2,(H2,17,22)(H2,18,23). The van der Waals surface area contributed by atoms with E-state index in [1.165, 1.54) is 4.90 Å². The number of carbonyl (C=O) groups is 2. The third-order valence-electron chi connectivity index (χ3n) is 3.73. The second-order valence-electron chi connectivity index (χ2n) is 5.15. The molecule has 3 rings (SSSR count). The number of amides is 3. The summed E-state index contributed by atoms with van der Waals surface area (Å²) in [4.78, 5) is 24.7. The van der Waals surface area contributed by atoms with Crippen LogP contribution in [0.5, 0.6) is 0 Å². The molecule has 1 aliphatic heterocycles. The fraction of sp³-hybridized carbons (Fsp3) is 0.214. The van der Waals surface area contributed by atoms with E-state index in [0.29, 0.717) is 40.1 Å². The molecule has 23 heavy (non-hydrogen) atoms. The van der Waals surface area contributed by atoms with Gasteiger partial charge < -0.3 is 16.4 Å². The Bertz CT molecular complexity index is 818. The zero-order valence-electron chi connectivity index (χ0n) is 11.9. The average molecular weight is 354 g/mol. The summed E-state index contributed by atoms with van der Waals surface area (Å²) in [6, 6.07) is 4.40. The molecule has 0 saturated carbocycles. The number of rotatable bonds is 2. The largest absolute Gasteiger partial charge is 0.365 e. The first-order valence-corrected chi connectivity index (χ1v) is 7.53. The van der Waals surface area contributed by atoms with Crippen LogP contribution in [0.4, 0.5) is 4.79 Å². The van der Waals surface area contributed by atoms with E-state index in [-0.39, 0.29) is 12.1 Å². The zero-order valence-corrected chi connectivity index (χ0v) is 13.4. The normalized spacial score (nSPS) is 13.7. The highest BCUT2D eigenvalue weighted by Crippen LogP contribution is 2.32. The molecule has 1 aromatic carbocycles. The number of fused-ring (bicyclic) bond motifs is 1. The lowest BCUT2D eigenvalue weighted by molar-refractivity contribution is 0.0997. The summed E-state index contributed by atoms with van der Waals surface area (Å²) in [6.07, 6.45) is 0. The van der Waals surface area contributed by atoms with Crippen LogP contribution < -0.4 is 11.5 Å². The number of nitrogens with two attached hydrogens (primary N) is 2. The van der Waals surface area contributed by atoms with E-state index >= 15 is 0 Å². The Balaban J connectivity index is 2.14. The van der Waals surface area contributed by atoms with E-state index in [1.807, 2.05) is 0 Å². The quantitative estimate of drug-likeness (QED) is 0.859. The maximum Gasteiger partial charge on any atom is 0.315 e. The summed E-state index contributed by atoms with van der Waals surface area (Å²) in [5.74, 6) is -0.626.